The van der Waals surface area contributed by atoms with E-state index in [1.54, 1.807) is 13.8 Å². The van der Waals surface area contributed by atoms with Crippen molar-refractivity contribution in [2.24, 2.45) is 5.73 Å². The number of likely N-dealkylation sites (N-methyl/N-ethyl adjacent to an activating group) is 1. The Kier molecular flexibility index (Phi) is 12.8. The molecule has 100 valence electrons. The van der Waals surface area contributed by atoms with E-state index in [1.807, 2.05) is 11.9 Å². The lowest BCUT2D eigenvalue weighted by atomic mass is 10.3. The third kappa shape index (κ3) is 19.4. The summed E-state index contributed by atoms with van der Waals surface area (Å²) in [5.41, 5.74) is 4.50. The van der Waals surface area contributed by atoms with Crippen LogP contribution in [-0.2, 0) is 4.74 Å². The predicted octanol–water partition coefficient (Wildman–Crippen LogP) is -0.340. The van der Waals surface area contributed by atoms with Crippen molar-refractivity contribution in [1.29, 1.82) is 0 Å². The number of hydrogen-bond acceptors (Lipinski definition) is 5. The Morgan fingerprint density at radius 3 is 1.62 bits per heavy atom. The fourth-order valence-corrected chi connectivity index (χ4v) is 1.07. The monoisotopic (exact) mass is 236 g/mol. The van der Waals surface area contributed by atoms with E-state index in [1.165, 1.54) is 7.05 Å². The van der Waals surface area contributed by atoms with Crippen molar-refractivity contribution >= 4 is 0 Å². The molecule has 16 heavy (non-hydrogen) atoms. The molecule has 0 bridgehead atoms. The van der Waals surface area contributed by atoms with E-state index in [9.17, 15) is 0 Å². The molecule has 1 rings (SSSR count). The van der Waals surface area contributed by atoms with Gasteiger partial charge in [0, 0.05) is 13.1 Å². The molecule has 5 heteroatoms. The molecule has 1 saturated heterocycles. The lowest BCUT2D eigenvalue weighted by Crippen LogP contribution is -2.32. The highest BCUT2D eigenvalue weighted by atomic mass is 16.6. The number of aliphatic hydroxyl groups is 2. The maximum atomic E-state index is 8.91. The maximum Gasteiger partial charge on any atom is 0.0781 e. The summed E-state index contributed by atoms with van der Waals surface area (Å²) < 4.78 is 4.71. The average molecular weight is 236 g/mol. The predicted molar refractivity (Wildman–Crippen MR) is 66.4 cm³/mol. The zero-order valence-corrected chi connectivity index (χ0v) is 11.2. The van der Waals surface area contributed by atoms with Crippen LogP contribution in [0.4, 0.5) is 0 Å². The molecular formula is C11H28N2O3. The Hall–Kier alpha value is -0.200. The van der Waals surface area contributed by atoms with E-state index in [0.29, 0.717) is 19.2 Å². The Bertz CT molecular complexity index is 129. The van der Waals surface area contributed by atoms with Crippen molar-refractivity contribution in [1.82, 2.24) is 4.90 Å². The lowest BCUT2D eigenvalue weighted by molar-refractivity contribution is 0.0990. The lowest BCUT2D eigenvalue weighted by Gasteiger charge is -2.19. The largest absolute Gasteiger partial charge is 0.392 e. The van der Waals surface area contributed by atoms with Gasteiger partial charge in [-0.2, -0.15) is 0 Å². The van der Waals surface area contributed by atoms with E-state index in [0.717, 1.165) is 6.61 Å². The summed E-state index contributed by atoms with van der Waals surface area (Å²) >= 11 is 0. The highest BCUT2D eigenvalue weighted by Gasteiger charge is 2.13. The molecule has 5 nitrogen and oxygen atoms in total. The van der Waals surface area contributed by atoms with Crippen LogP contribution in [0.5, 0.6) is 0 Å². The minimum Gasteiger partial charge on any atom is -0.392 e. The third-order valence-corrected chi connectivity index (χ3v) is 1.65. The van der Waals surface area contributed by atoms with Crippen LogP contribution in [0.15, 0.2) is 0 Å². The Labute approximate surface area is 99.2 Å². The second-order valence-corrected chi connectivity index (χ2v) is 4.06. The Morgan fingerprint density at radius 2 is 1.50 bits per heavy atom. The van der Waals surface area contributed by atoms with Crippen molar-refractivity contribution in [3.63, 3.8) is 0 Å². The highest BCUT2D eigenvalue weighted by molar-refractivity contribution is 4.59. The van der Waals surface area contributed by atoms with E-state index >= 15 is 0 Å². The molecule has 3 unspecified atom stereocenters. The molecule has 0 aliphatic carbocycles. The molecule has 0 aromatic rings. The SMILES string of the molecule is CC(O)CN(C)CC(C)O.CC1CO1.CN. The van der Waals surface area contributed by atoms with Crippen LogP contribution < -0.4 is 5.73 Å². The van der Waals surface area contributed by atoms with Gasteiger partial charge in [-0.1, -0.05) is 0 Å². The minimum absolute atomic E-state index is 0.316. The first-order valence-electron chi connectivity index (χ1n) is 5.65. The van der Waals surface area contributed by atoms with Crippen molar-refractivity contribution < 1.29 is 14.9 Å². The summed E-state index contributed by atoms with van der Waals surface area (Å²) in [5, 5.41) is 17.8. The normalized spacial score (nSPS) is 21.2. The third-order valence-electron chi connectivity index (χ3n) is 1.65. The van der Waals surface area contributed by atoms with Crippen LogP contribution in [0.3, 0.4) is 0 Å². The van der Waals surface area contributed by atoms with E-state index < -0.39 is 0 Å². The first-order chi connectivity index (χ1) is 7.41. The fraction of sp³-hybridized carbons (Fsp3) is 1.00. The van der Waals surface area contributed by atoms with Crippen LogP contribution in [0, 0.1) is 0 Å². The van der Waals surface area contributed by atoms with Gasteiger partial charge in [0.25, 0.3) is 0 Å². The van der Waals surface area contributed by atoms with Crippen molar-refractivity contribution in [3.05, 3.63) is 0 Å². The molecule has 0 amide bonds. The summed E-state index contributed by atoms with van der Waals surface area (Å²) in [6, 6.07) is 0. The van der Waals surface area contributed by atoms with Crippen LogP contribution in [0.2, 0.25) is 0 Å². The van der Waals surface area contributed by atoms with Gasteiger partial charge in [-0.25, -0.2) is 0 Å². The molecule has 1 heterocycles. The Morgan fingerprint density at radius 1 is 1.25 bits per heavy atom. The van der Waals surface area contributed by atoms with Gasteiger partial charge in [0.05, 0.1) is 24.9 Å². The van der Waals surface area contributed by atoms with Crippen LogP contribution in [0.1, 0.15) is 20.8 Å². The zero-order chi connectivity index (χ0) is 13.1. The summed E-state index contributed by atoms with van der Waals surface area (Å²) in [6.07, 6.45) is -0.0486. The van der Waals surface area contributed by atoms with Crippen molar-refractivity contribution in [3.8, 4) is 0 Å². The molecule has 3 atom stereocenters. The van der Waals surface area contributed by atoms with E-state index in [4.69, 9.17) is 14.9 Å². The standard InChI is InChI=1S/C7H17NO2.C3H6O.CH5N/c1-6(9)4-8(3)5-7(2)10;1-3-2-4-3;1-2/h6-7,9-10H,4-5H2,1-3H3;3H,2H2,1H3;2H2,1H3. The fourth-order valence-electron chi connectivity index (χ4n) is 1.07. The van der Waals surface area contributed by atoms with Gasteiger partial charge in [-0.3, -0.25) is 0 Å². The van der Waals surface area contributed by atoms with Gasteiger partial charge in [-0.15, -0.1) is 0 Å². The first kappa shape index (κ1) is 18.2. The number of hydrogen-bond donors (Lipinski definition) is 3. The molecule has 0 aromatic carbocycles. The van der Waals surface area contributed by atoms with Gasteiger partial charge >= 0.3 is 0 Å². The maximum absolute atomic E-state index is 8.91. The van der Waals surface area contributed by atoms with Gasteiger partial charge in [0.1, 0.15) is 0 Å². The molecule has 4 N–H and O–H groups in total. The van der Waals surface area contributed by atoms with Crippen molar-refractivity contribution in [2.75, 3.05) is 33.8 Å². The second-order valence-electron chi connectivity index (χ2n) is 4.06. The van der Waals surface area contributed by atoms with E-state index in [-0.39, 0.29) is 12.2 Å². The molecule has 0 aromatic heterocycles. The molecule has 1 fully saturated rings. The van der Waals surface area contributed by atoms with Gasteiger partial charge in [0.2, 0.25) is 0 Å². The van der Waals surface area contributed by atoms with Gasteiger partial charge < -0.3 is 25.6 Å². The summed E-state index contributed by atoms with van der Waals surface area (Å²) in [6.45, 7) is 7.74. The van der Waals surface area contributed by atoms with Crippen LogP contribution >= 0.6 is 0 Å². The quantitative estimate of drug-likeness (QED) is 0.582. The highest BCUT2D eigenvalue weighted by Crippen LogP contribution is 2.04. The van der Waals surface area contributed by atoms with E-state index in [2.05, 4.69) is 12.7 Å². The molecule has 0 radical (unpaired) electrons. The zero-order valence-electron chi connectivity index (χ0n) is 11.2. The summed E-state index contributed by atoms with van der Waals surface area (Å²) in [4.78, 5) is 1.90. The topological polar surface area (TPSA) is 82.2 Å². The summed E-state index contributed by atoms with van der Waals surface area (Å²) in [5.74, 6) is 0. The summed E-state index contributed by atoms with van der Waals surface area (Å²) in [7, 11) is 3.37. The number of ether oxygens (including phenoxy) is 1. The van der Waals surface area contributed by atoms with Gasteiger partial charge in [0.15, 0.2) is 0 Å². The second kappa shape index (κ2) is 11.3. The van der Waals surface area contributed by atoms with Crippen LogP contribution in [0.25, 0.3) is 0 Å². The molecule has 0 spiro atoms. The Balaban J connectivity index is 0. The molecule has 0 saturated carbocycles. The number of nitrogens with two attached hydrogens (primary N) is 1. The van der Waals surface area contributed by atoms with Gasteiger partial charge in [-0.05, 0) is 34.9 Å². The molecule has 1 aliphatic rings. The average Bonchev–Trinajstić information content (AvgIpc) is 2.89. The number of nitrogens with zero attached hydrogens (tertiary/aromatic N) is 1. The minimum atomic E-state index is -0.316. The number of epoxide rings is 1. The first-order valence-corrected chi connectivity index (χ1v) is 5.65. The van der Waals surface area contributed by atoms with Crippen molar-refractivity contribution in [2.45, 2.75) is 39.1 Å². The number of rotatable bonds is 4. The molecular weight excluding hydrogens is 208 g/mol. The number of aliphatic hydroxyl groups excluding tert-OH is 2. The molecule has 1 aliphatic heterocycles. The smallest absolute Gasteiger partial charge is 0.0781 e. The van der Waals surface area contributed by atoms with Crippen LogP contribution in [-0.4, -0.2) is 67.2 Å².